The number of hydrogen-bond acceptors (Lipinski definition) is 4. The van der Waals surface area contributed by atoms with Gasteiger partial charge in [-0.2, -0.15) is 0 Å². The lowest BCUT2D eigenvalue weighted by Gasteiger charge is -2.24. The van der Waals surface area contributed by atoms with Gasteiger partial charge in [-0.05, 0) is 6.42 Å². The van der Waals surface area contributed by atoms with Gasteiger partial charge in [0, 0.05) is 25.4 Å². The number of carbonyl (C=O) groups excluding carboxylic acids is 2. The summed E-state index contributed by atoms with van der Waals surface area (Å²) >= 11 is 0. The van der Waals surface area contributed by atoms with Crippen LogP contribution >= 0.6 is 0 Å². The predicted octanol–water partition coefficient (Wildman–Crippen LogP) is -0.857. The third-order valence-electron chi connectivity index (χ3n) is 3.12. The summed E-state index contributed by atoms with van der Waals surface area (Å²) in [6.07, 6.45) is 0.498. The van der Waals surface area contributed by atoms with Gasteiger partial charge in [-0.25, -0.2) is 8.42 Å². The van der Waals surface area contributed by atoms with Crippen molar-refractivity contribution in [3.63, 3.8) is 0 Å². The van der Waals surface area contributed by atoms with Gasteiger partial charge in [-0.3, -0.25) is 9.59 Å². The molecule has 98 valence electrons. The topological polar surface area (TPSA) is 97.5 Å². The van der Waals surface area contributed by atoms with Crippen LogP contribution < -0.4 is 5.73 Å². The van der Waals surface area contributed by atoms with E-state index in [0.717, 1.165) is 0 Å². The number of carbonyl (C=O) groups is 2. The zero-order valence-corrected chi connectivity index (χ0v) is 10.9. The van der Waals surface area contributed by atoms with E-state index in [4.69, 9.17) is 5.73 Å². The fourth-order valence-corrected chi connectivity index (χ4v) is 3.57. The maximum absolute atomic E-state index is 11.8. The lowest BCUT2D eigenvalue weighted by atomic mass is 10.1. The summed E-state index contributed by atoms with van der Waals surface area (Å²) in [4.78, 5) is 24.0. The van der Waals surface area contributed by atoms with Crippen LogP contribution in [0, 0.1) is 5.92 Å². The molecule has 1 saturated heterocycles. The number of nitrogens with two attached hydrogens (primary N) is 1. The minimum Gasteiger partial charge on any atom is -0.369 e. The first kappa shape index (κ1) is 14.0. The third-order valence-corrected chi connectivity index (χ3v) is 4.87. The Hall–Kier alpha value is -1.11. The average molecular weight is 262 g/mol. The molecule has 0 bridgehead atoms. The first-order valence-corrected chi connectivity index (χ1v) is 7.30. The highest BCUT2D eigenvalue weighted by atomic mass is 32.2. The summed E-state index contributed by atoms with van der Waals surface area (Å²) in [5.74, 6) is -1.15. The van der Waals surface area contributed by atoms with E-state index in [1.807, 2.05) is 0 Å². The predicted molar refractivity (Wildman–Crippen MR) is 62.8 cm³/mol. The number of sulfone groups is 1. The largest absolute Gasteiger partial charge is 0.369 e. The molecule has 2 unspecified atom stereocenters. The molecule has 0 radical (unpaired) electrons. The van der Waals surface area contributed by atoms with Gasteiger partial charge >= 0.3 is 0 Å². The van der Waals surface area contributed by atoms with Crippen LogP contribution in [-0.4, -0.2) is 49.7 Å². The van der Waals surface area contributed by atoms with Gasteiger partial charge in [0.2, 0.25) is 11.8 Å². The van der Waals surface area contributed by atoms with Gasteiger partial charge in [0.25, 0.3) is 0 Å². The molecule has 7 heteroatoms. The van der Waals surface area contributed by atoms with Crippen LogP contribution in [0.5, 0.6) is 0 Å². The quantitative estimate of drug-likeness (QED) is 0.713. The summed E-state index contributed by atoms with van der Waals surface area (Å²) in [5, 5.41) is 0. The SMILES string of the molecule is CC(CC(=O)N(C)C1CCS(=O)(=O)C1)C(N)=O. The van der Waals surface area contributed by atoms with Crippen LogP contribution in [0.3, 0.4) is 0 Å². The molecule has 1 aliphatic rings. The second kappa shape index (κ2) is 5.03. The Kier molecular flexibility index (Phi) is 4.13. The van der Waals surface area contributed by atoms with Crippen LogP contribution in [0.15, 0.2) is 0 Å². The van der Waals surface area contributed by atoms with E-state index in [-0.39, 0.29) is 29.9 Å². The van der Waals surface area contributed by atoms with Crippen molar-refractivity contribution in [2.75, 3.05) is 18.6 Å². The van der Waals surface area contributed by atoms with Gasteiger partial charge in [0.1, 0.15) is 0 Å². The van der Waals surface area contributed by atoms with Crippen LogP contribution in [0.4, 0.5) is 0 Å². The molecular weight excluding hydrogens is 244 g/mol. The average Bonchev–Trinajstić information content (AvgIpc) is 2.57. The molecule has 0 aromatic carbocycles. The Morgan fingerprint density at radius 1 is 1.47 bits per heavy atom. The second-order valence-corrected chi connectivity index (χ2v) is 6.80. The Morgan fingerprint density at radius 2 is 2.06 bits per heavy atom. The number of rotatable bonds is 4. The molecule has 0 aromatic heterocycles. The van der Waals surface area contributed by atoms with Crippen molar-refractivity contribution < 1.29 is 18.0 Å². The first-order chi connectivity index (χ1) is 7.73. The highest BCUT2D eigenvalue weighted by Crippen LogP contribution is 2.18. The zero-order chi connectivity index (χ0) is 13.2. The Morgan fingerprint density at radius 3 is 2.47 bits per heavy atom. The van der Waals surface area contributed by atoms with Crippen LogP contribution in [-0.2, 0) is 19.4 Å². The molecule has 1 heterocycles. The van der Waals surface area contributed by atoms with E-state index in [2.05, 4.69) is 0 Å². The molecule has 1 fully saturated rings. The maximum Gasteiger partial charge on any atom is 0.223 e. The summed E-state index contributed by atoms with van der Waals surface area (Å²) in [6.45, 7) is 1.58. The maximum atomic E-state index is 11.8. The molecule has 2 N–H and O–H groups in total. The minimum atomic E-state index is -3.00. The van der Waals surface area contributed by atoms with Crippen LogP contribution in [0.1, 0.15) is 19.8 Å². The van der Waals surface area contributed by atoms with Gasteiger partial charge in [0.05, 0.1) is 11.5 Å². The van der Waals surface area contributed by atoms with Crippen molar-refractivity contribution in [2.45, 2.75) is 25.8 Å². The summed E-state index contributed by atoms with van der Waals surface area (Å²) in [6, 6.07) is -0.271. The van der Waals surface area contributed by atoms with Crippen LogP contribution in [0.25, 0.3) is 0 Å². The highest BCUT2D eigenvalue weighted by Gasteiger charge is 2.33. The van der Waals surface area contributed by atoms with E-state index in [1.165, 1.54) is 4.90 Å². The molecule has 1 rings (SSSR count). The summed E-state index contributed by atoms with van der Waals surface area (Å²) < 4.78 is 22.6. The second-order valence-electron chi connectivity index (χ2n) is 4.57. The molecule has 2 amide bonds. The van der Waals surface area contributed by atoms with Gasteiger partial charge in [-0.15, -0.1) is 0 Å². The molecule has 2 atom stereocenters. The first-order valence-electron chi connectivity index (χ1n) is 5.48. The van der Waals surface area contributed by atoms with Crippen molar-refractivity contribution in [1.29, 1.82) is 0 Å². The van der Waals surface area contributed by atoms with E-state index in [0.29, 0.717) is 6.42 Å². The number of primary amides is 1. The third kappa shape index (κ3) is 3.69. The Bertz CT molecular complexity index is 418. The van der Waals surface area contributed by atoms with Crippen molar-refractivity contribution >= 4 is 21.7 Å². The number of amides is 2. The molecule has 6 nitrogen and oxygen atoms in total. The number of nitrogens with zero attached hydrogens (tertiary/aromatic N) is 1. The van der Waals surface area contributed by atoms with Crippen LogP contribution in [0.2, 0.25) is 0 Å². The van der Waals surface area contributed by atoms with E-state index >= 15 is 0 Å². The van der Waals surface area contributed by atoms with Crippen molar-refractivity contribution in [3.8, 4) is 0 Å². The lowest BCUT2D eigenvalue weighted by Crippen LogP contribution is -2.39. The minimum absolute atomic E-state index is 0.0141. The van der Waals surface area contributed by atoms with Gasteiger partial charge in [0.15, 0.2) is 9.84 Å². The monoisotopic (exact) mass is 262 g/mol. The summed E-state index contributed by atoms with van der Waals surface area (Å²) in [7, 11) is -1.43. The van der Waals surface area contributed by atoms with Crippen molar-refractivity contribution in [2.24, 2.45) is 11.7 Å². The zero-order valence-electron chi connectivity index (χ0n) is 10.0. The fourth-order valence-electron chi connectivity index (χ4n) is 1.79. The molecule has 0 aromatic rings. The Balaban J connectivity index is 2.56. The fraction of sp³-hybridized carbons (Fsp3) is 0.800. The van der Waals surface area contributed by atoms with Crippen molar-refractivity contribution in [1.82, 2.24) is 4.90 Å². The molecule has 0 saturated carbocycles. The highest BCUT2D eigenvalue weighted by molar-refractivity contribution is 7.91. The van der Waals surface area contributed by atoms with Gasteiger partial charge < -0.3 is 10.6 Å². The van der Waals surface area contributed by atoms with E-state index < -0.39 is 21.7 Å². The van der Waals surface area contributed by atoms with E-state index in [1.54, 1.807) is 14.0 Å². The molecular formula is C10H18N2O4S. The smallest absolute Gasteiger partial charge is 0.223 e. The summed E-state index contributed by atoms with van der Waals surface area (Å²) in [5.41, 5.74) is 5.08. The number of hydrogen-bond donors (Lipinski definition) is 1. The Labute approximate surface area is 101 Å². The van der Waals surface area contributed by atoms with Crippen molar-refractivity contribution in [3.05, 3.63) is 0 Å². The standard InChI is InChI=1S/C10H18N2O4S/c1-7(10(11)14)5-9(13)12(2)8-3-4-17(15,16)6-8/h7-8H,3-6H2,1-2H3,(H2,11,14). The molecule has 0 spiro atoms. The lowest BCUT2D eigenvalue weighted by molar-refractivity contribution is -0.135. The molecule has 0 aliphatic carbocycles. The van der Waals surface area contributed by atoms with E-state index in [9.17, 15) is 18.0 Å². The molecule has 17 heavy (non-hydrogen) atoms. The van der Waals surface area contributed by atoms with Gasteiger partial charge in [-0.1, -0.05) is 6.92 Å². The normalized spacial score (nSPS) is 24.2. The molecule has 1 aliphatic heterocycles.